The van der Waals surface area contributed by atoms with Gasteiger partial charge in [0, 0.05) is 17.0 Å². The smallest absolute Gasteiger partial charge is 0.257 e. The number of hydrogen-bond acceptors (Lipinski definition) is 3. The number of thioether (sulfide) groups is 1. The summed E-state index contributed by atoms with van der Waals surface area (Å²) in [7, 11) is 0. The van der Waals surface area contributed by atoms with Gasteiger partial charge in [-0.05, 0) is 43.5 Å². The maximum atomic E-state index is 11.8. The van der Waals surface area contributed by atoms with Gasteiger partial charge in [0.1, 0.15) is 5.75 Å². The van der Waals surface area contributed by atoms with Gasteiger partial charge in [0.15, 0.2) is 6.61 Å². The summed E-state index contributed by atoms with van der Waals surface area (Å²) >= 11 is 1.84. The molecule has 1 aromatic rings. The van der Waals surface area contributed by atoms with Gasteiger partial charge in [-0.3, -0.25) is 4.79 Å². The van der Waals surface area contributed by atoms with Crippen molar-refractivity contribution in [3.8, 4) is 5.75 Å². The Balaban J connectivity index is 2.37. The minimum absolute atomic E-state index is 0.0666. The van der Waals surface area contributed by atoms with Gasteiger partial charge in [-0.1, -0.05) is 26.8 Å². The van der Waals surface area contributed by atoms with Gasteiger partial charge >= 0.3 is 0 Å². The summed E-state index contributed by atoms with van der Waals surface area (Å²) in [5, 5.41) is 2.89. The topological polar surface area (TPSA) is 38.3 Å². The summed E-state index contributed by atoms with van der Waals surface area (Å²) in [4.78, 5) is 11.8. The number of hydrogen-bond donors (Lipinski definition) is 1. The molecule has 0 aliphatic rings. The lowest BCUT2D eigenvalue weighted by atomic mass is 10.1. The van der Waals surface area contributed by atoms with Crippen LogP contribution in [-0.2, 0) is 4.79 Å². The number of ether oxygens (including phenoxy) is 1. The molecule has 1 aromatic carbocycles. The van der Waals surface area contributed by atoms with Gasteiger partial charge in [-0.15, -0.1) is 0 Å². The van der Waals surface area contributed by atoms with E-state index in [0.717, 1.165) is 22.6 Å². The van der Waals surface area contributed by atoms with E-state index in [1.165, 1.54) is 5.56 Å². The van der Waals surface area contributed by atoms with Crippen molar-refractivity contribution >= 4 is 17.7 Å². The van der Waals surface area contributed by atoms with Crippen LogP contribution in [0, 0.1) is 20.8 Å². The molecule has 0 aliphatic carbocycles. The van der Waals surface area contributed by atoms with E-state index in [4.69, 9.17) is 4.74 Å². The molecule has 0 aliphatic heterocycles. The first-order valence-corrected chi connectivity index (χ1v) is 8.29. The minimum atomic E-state index is -0.0666. The summed E-state index contributed by atoms with van der Waals surface area (Å²) in [5.74, 6) is 1.65. The molecule has 1 rings (SSSR count). The lowest BCUT2D eigenvalue weighted by Gasteiger charge is -2.17. The number of amides is 1. The Labute approximate surface area is 132 Å². The Kier molecular flexibility index (Phi) is 6.59. The molecule has 1 N–H and O–H groups in total. The van der Waals surface area contributed by atoms with Gasteiger partial charge in [-0.2, -0.15) is 11.8 Å². The highest BCUT2D eigenvalue weighted by molar-refractivity contribution is 8.00. The maximum Gasteiger partial charge on any atom is 0.257 e. The first-order valence-electron chi connectivity index (χ1n) is 7.30. The SMILES string of the molecule is Cc1cc(C)c(C)c(OCC(=O)NCCSC(C)(C)C)c1. The van der Waals surface area contributed by atoms with E-state index < -0.39 is 0 Å². The van der Waals surface area contributed by atoms with Crippen molar-refractivity contribution < 1.29 is 9.53 Å². The van der Waals surface area contributed by atoms with Crippen LogP contribution in [0.25, 0.3) is 0 Å². The summed E-state index contributed by atoms with van der Waals surface area (Å²) in [5.41, 5.74) is 3.43. The van der Waals surface area contributed by atoms with Gasteiger partial charge in [0.05, 0.1) is 0 Å². The Morgan fingerprint density at radius 2 is 1.90 bits per heavy atom. The van der Waals surface area contributed by atoms with Crippen molar-refractivity contribution in [2.75, 3.05) is 18.9 Å². The van der Waals surface area contributed by atoms with Gasteiger partial charge in [0.2, 0.25) is 0 Å². The van der Waals surface area contributed by atoms with Crippen LogP contribution in [-0.4, -0.2) is 29.6 Å². The molecular formula is C17H27NO2S. The zero-order valence-corrected chi connectivity index (χ0v) is 14.8. The van der Waals surface area contributed by atoms with Crippen LogP contribution in [0.1, 0.15) is 37.5 Å². The van der Waals surface area contributed by atoms with Gasteiger partial charge < -0.3 is 10.1 Å². The summed E-state index contributed by atoms with van der Waals surface area (Å²) < 4.78 is 5.87. The molecule has 0 heterocycles. The van der Waals surface area contributed by atoms with Crippen LogP contribution in [0.3, 0.4) is 0 Å². The van der Waals surface area contributed by atoms with Gasteiger partial charge in [0.25, 0.3) is 5.91 Å². The Morgan fingerprint density at radius 3 is 2.52 bits per heavy atom. The molecular weight excluding hydrogens is 282 g/mol. The Bertz CT molecular complexity index is 492. The third-order valence-corrected chi connectivity index (χ3v) is 4.36. The summed E-state index contributed by atoms with van der Waals surface area (Å²) in [6.45, 7) is 13.4. The van der Waals surface area contributed by atoms with Crippen molar-refractivity contribution in [1.29, 1.82) is 0 Å². The summed E-state index contributed by atoms with van der Waals surface area (Å²) in [6.07, 6.45) is 0. The third kappa shape index (κ3) is 6.89. The van der Waals surface area contributed by atoms with Crippen molar-refractivity contribution in [3.05, 3.63) is 28.8 Å². The molecule has 0 aromatic heterocycles. The highest BCUT2D eigenvalue weighted by Gasteiger charge is 2.11. The molecule has 0 saturated heterocycles. The predicted molar refractivity (Wildman–Crippen MR) is 91.4 cm³/mol. The summed E-state index contributed by atoms with van der Waals surface area (Å²) in [6, 6.07) is 4.09. The number of aryl methyl sites for hydroxylation is 2. The van der Waals surface area contributed by atoms with E-state index in [0.29, 0.717) is 6.54 Å². The van der Waals surface area contributed by atoms with Crippen LogP contribution in [0.5, 0.6) is 5.75 Å². The van der Waals surface area contributed by atoms with Crippen molar-refractivity contribution in [1.82, 2.24) is 5.32 Å². The zero-order valence-electron chi connectivity index (χ0n) is 14.0. The molecule has 0 fully saturated rings. The third-order valence-electron chi connectivity index (χ3n) is 3.08. The average molecular weight is 309 g/mol. The van der Waals surface area contributed by atoms with Crippen LogP contribution < -0.4 is 10.1 Å². The fourth-order valence-corrected chi connectivity index (χ4v) is 2.71. The molecule has 0 atom stereocenters. The van der Waals surface area contributed by atoms with Crippen LogP contribution >= 0.6 is 11.8 Å². The molecule has 0 unspecified atom stereocenters. The predicted octanol–water partition coefficient (Wildman–Crippen LogP) is 3.64. The Hall–Kier alpha value is -1.16. The average Bonchev–Trinajstić information content (AvgIpc) is 2.36. The Morgan fingerprint density at radius 1 is 1.24 bits per heavy atom. The standard InChI is InChI=1S/C17H27NO2S/c1-12-9-13(2)14(3)15(10-12)20-11-16(19)18-7-8-21-17(4,5)6/h9-10H,7-8,11H2,1-6H3,(H,18,19). The highest BCUT2D eigenvalue weighted by atomic mass is 32.2. The molecule has 0 bridgehead atoms. The molecule has 4 heteroatoms. The lowest BCUT2D eigenvalue weighted by molar-refractivity contribution is -0.122. The van der Waals surface area contributed by atoms with Crippen LogP contribution in [0.2, 0.25) is 0 Å². The largest absolute Gasteiger partial charge is 0.483 e. The molecule has 3 nitrogen and oxygen atoms in total. The van der Waals surface area contributed by atoms with E-state index in [-0.39, 0.29) is 17.3 Å². The highest BCUT2D eigenvalue weighted by Crippen LogP contribution is 2.23. The van der Waals surface area contributed by atoms with Gasteiger partial charge in [-0.25, -0.2) is 0 Å². The van der Waals surface area contributed by atoms with Crippen LogP contribution in [0.15, 0.2) is 12.1 Å². The number of carbonyl (C=O) groups is 1. The number of rotatable bonds is 6. The molecule has 118 valence electrons. The van der Waals surface area contributed by atoms with Crippen molar-refractivity contribution in [2.24, 2.45) is 0 Å². The molecule has 1 amide bonds. The van der Waals surface area contributed by atoms with E-state index in [9.17, 15) is 4.79 Å². The molecule has 0 radical (unpaired) electrons. The zero-order chi connectivity index (χ0) is 16.0. The number of nitrogens with one attached hydrogen (secondary N) is 1. The van der Waals surface area contributed by atoms with E-state index in [1.54, 1.807) is 0 Å². The maximum absolute atomic E-state index is 11.8. The first kappa shape index (κ1) is 17.9. The molecule has 0 saturated carbocycles. The second kappa shape index (κ2) is 7.74. The normalized spacial score (nSPS) is 11.3. The lowest BCUT2D eigenvalue weighted by Crippen LogP contribution is -2.31. The monoisotopic (exact) mass is 309 g/mol. The molecule has 21 heavy (non-hydrogen) atoms. The second-order valence-electron chi connectivity index (χ2n) is 6.30. The van der Waals surface area contributed by atoms with Crippen molar-refractivity contribution in [2.45, 2.75) is 46.3 Å². The van der Waals surface area contributed by atoms with Crippen molar-refractivity contribution in [3.63, 3.8) is 0 Å². The fraction of sp³-hybridized carbons (Fsp3) is 0.588. The first-order chi connectivity index (χ1) is 9.69. The minimum Gasteiger partial charge on any atom is -0.483 e. The van der Waals surface area contributed by atoms with E-state index >= 15 is 0 Å². The van der Waals surface area contributed by atoms with E-state index in [2.05, 4.69) is 39.1 Å². The fourth-order valence-electron chi connectivity index (χ4n) is 1.89. The quantitative estimate of drug-likeness (QED) is 0.815. The molecule has 0 spiro atoms. The second-order valence-corrected chi connectivity index (χ2v) is 8.23. The van der Waals surface area contributed by atoms with E-state index in [1.807, 2.05) is 31.7 Å². The number of carbonyl (C=O) groups excluding carboxylic acids is 1. The number of benzene rings is 1. The van der Waals surface area contributed by atoms with Crippen LogP contribution in [0.4, 0.5) is 0 Å².